The zero-order valence-corrected chi connectivity index (χ0v) is 11.9. The van der Waals surface area contributed by atoms with Crippen molar-refractivity contribution in [1.82, 2.24) is 0 Å². The first-order valence-corrected chi connectivity index (χ1v) is 6.41. The predicted molar refractivity (Wildman–Crippen MR) is 80.0 cm³/mol. The lowest BCUT2D eigenvalue weighted by molar-refractivity contribution is -0.138. The van der Waals surface area contributed by atoms with Gasteiger partial charge in [0.05, 0.1) is 14.2 Å². The van der Waals surface area contributed by atoms with Crippen molar-refractivity contribution in [3.05, 3.63) is 54.1 Å². The van der Waals surface area contributed by atoms with Crippen molar-refractivity contribution in [2.75, 3.05) is 19.5 Å². The standard InChI is InChI=1S/C16H17NO4/c1-20-13-7-3-11(4-8-13)15(16(18)19)17-12-5-9-14(21-2)10-6-12/h3-10,15,17H,1-2H3,(H,18,19). The molecule has 0 bridgehead atoms. The van der Waals surface area contributed by atoms with E-state index < -0.39 is 12.0 Å². The summed E-state index contributed by atoms with van der Waals surface area (Å²) in [7, 11) is 3.15. The van der Waals surface area contributed by atoms with E-state index in [2.05, 4.69) is 5.32 Å². The molecule has 0 amide bonds. The number of nitrogens with one attached hydrogen (secondary N) is 1. The number of carboxylic acids is 1. The van der Waals surface area contributed by atoms with Gasteiger partial charge in [-0.05, 0) is 42.0 Å². The Balaban J connectivity index is 2.19. The van der Waals surface area contributed by atoms with Gasteiger partial charge in [-0.25, -0.2) is 4.79 Å². The average molecular weight is 287 g/mol. The fourth-order valence-corrected chi connectivity index (χ4v) is 1.94. The number of methoxy groups -OCH3 is 2. The first-order valence-electron chi connectivity index (χ1n) is 6.41. The lowest BCUT2D eigenvalue weighted by Gasteiger charge is -2.16. The minimum Gasteiger partial charge on any atom is -0.497 e. The molecule has 0 fully saturated rings. The second-order valence-electron chi connectivity index (χ2n) is 4.42. The van der Waals surface area contributed by atoms with Gasteiger partial charge in [0.15, 0.2) is 6.04 Å². The van der Waals surface area contributed by atoms with E-state index in [0.29, 0.717) is 17.0 Å². The number of benzene rings is 2. The lowest BCUT2D eigenvalue weighted by Crippen LogP contribution is -2.20. The Bertz CT molecular complexity index is 593. The van der Waals surface area contributed by atoms with Gasteiger partial charge in [0.2, 0.25) is 0 Å². The highest BCUT2D eigenvalue weighted by atomic mass is 16.5. The van der Waals surface area contributed by atoms with E-state index in [9.17, 15) is 9.90 Å². The first kappa shape index (κ1) is 14.7. The number of carboxylic acid groups (broad SMARTS) is 1. The maximum atomic E-state index is 11.5. The van der Waals surface area contributed by atoms with Crippen molar-refractivity contribution >= 4 is 11.7 Å². The molecule has 0 aliphatic heterocycles. The normalized spacial score (nSPS) is 11.5. The van der Waals surface area contributed by atoms with Crippen LogP contribution in [0.4, 0.5) is 5.69 Å². The molecule has 0 radical (unpaired) electrons. The van der Waals surface area contributed by atoms with Crippen molar-refractivity contribution in [1.29, 1.82) is 0 Å². The van der Waals surface area contributed by atoms with Gasteiger partial charge < -0.3 is 19.9 Å². The number of carbonyl (C=O) groups is 1. The zero-order valence-electron chi connectivity index (χ0n) is 11.9. The molecule has 2 aromatic carbocycles. The van der Waals surface area contributed by atoms with E-state index in [1.807, 2.05) is 0 Å². The number of ether oxygens (including phenoxy) is 2. The van der Waals surface area contributed by atoms with Crippen LogP contribution in [-0.4, -0.2) is 25.3 Å². The molecule has 21 heavy (non-hydrogen) atoms. The largest absolute Gasteiger partial charge is 0.497 e. The van der Waals surface area contributed by atoms with Gasteiger partial charge >= 0.3 is 5.97 Å². The monoisotopic (exact) mass is 287 g/mol. The fraction of sp³-hybridized carbons (Fsp3) is 0.188. The Morgan fingerprint density at radius 3 is 1.86 bits per heavy atom. The molecule has 0 saturated heterocycles. The molecule has 0 aromatic heterocycles. The van der Waals surface area contributed by atoms with Crippen LogP contribution >= 0.6 is 0 Å². The van der Waals surface area contributed by atoms with Crippen LogP contribution in [0.5, 0.6) is 11.5 Å². The van der Waals surface area contributed by atoms with E-state index in [1.54, 1.807) is 62.8 Å². The molecule has 2 N–H and O–H groups in total. The van der Waals surface area contributed by atoms with Crippen LogP contribution < -0.4 is 14.8 Å². The quantitative estimate of drug-likeness (QED) is 0.855. The maximum absolute atomic E-state index is 11.5. The number of hydrogen-bond donors (Lipinski definition) is 2. The molecule has 110 valence electrons. The van der Waals surface area contributed by atoms with Gasteiger partial charge in [-0.1, -0.05) is 12.1 Å². The van der Waals surface area contributed by atoms with Crippen molar-refractivity contribution < 1.29 is 19.4 Å². The zero-order chi connectivity index (χ0) is 15.2. The molecule has 2 rings (SSSR count). The average Bonchev–Trinajstić information content (AvgIpc) is 2.53. The highest BCUT2D eigenvalue weighted by molar-refractivity contribution is 5.79. The van der Waals surface area contributed by atoms with Crippen LogP contribution in [0.15, 0.2) is 48.5 Å². The second-order valence-corrected chi connectivity index (χ2v) is 4.42. The summed E-state index contributed by atoms with van der Waals surface area (Å²) in [6.45, 7) is 0. The topological polar surface area (TPSA) is 67.8 Å². The smallest absolute Gasteiger partial charge is 0.330 e. The minimum absolute atomic E-state index is 0.652. The summed E-state index contributed by atoms with van der Waals surface area (Å²) in [4.78, 5) is 11.5. The molecule has 0 aliphatic rings. The number of aliphatic carboxylic acids is 1. The third kappa shape index (κ3) is 3.66. The molecule has 0 heterocycles. The van der Waals surface area contributed by atoms with Crippen LogP contribution in [-0.2, 0) is 4.79 Å². The molecule has 5 nitrogen and oxygen atoms in total. The van der Waals surface area contributed by atoms with E-state index in [1.165, 1.54) is 0 Å². The molecular weight excluding hydrogens is 270 g/mol. The Labute approximate surface area is 123 Å². The number of anilines is 1. The summed E-state index contributed by atoms with van der Waals surface area (Å²) in [5, 5.41) is 12.4. The van der Waals surface area contributed by atoms with E-state index >= 15 is 0 Å². The third-order valence-corrected chi connectivity index (χ3v) is 3.10. The van der Waals surface area contributed by atoms with Crippen LogP contribution in [0.3, 0.4) is 0 Å². The maximum Gasteiger partial charge on any atom is 0.330 e. The summed E-state index contributed by atoms with van der Waals surface area (Å²) >= 11 is 0. The van der Waals surface area contributed by atoms with Crippen molar-refractivity contribution in [3.63, 3.8) is 0 Å². The van der Waals surface area contributed by atoms with Crippen LogP contribution in [0.2, 0.25) is 0 Å². The SMILES string of the molecule is COc1ccc(NC(C(=O)O)c2ccc(OC)cc2)cc1. The Morgan fingerprint density at radius 1 is 0.952 bits per heavy atom. The Morgan fingerprint density at radius 2 is 1.43 bits per heavy atom. The Hall–Kier alpha value is -2.69. The van der Waals surface area contributed by atoms with Crippen molar-refractivity contribution in [2.24, 2.45) is 0 Å². The van der Waals surface area contributed by atoms with E-state index in [-0.39, 0.29) is 0 Å². The summed E-state index contributed by atoms with van der Waals surface area (Å²) < 4.78 is 10.1. The number of rotatable bonds is 6. The van der Waals surface area contributed by atoms with Crippen LogP contribution in [0.25, 0.3) is 0 Å². The Kier molecular flexibility index (Phi) is 4.66. The molecule has 1 atom stereocenters. The van der Waals surface area contributed by atoms with Gasteiger partial charge in [0.1, 0.15) is 11.5 Å². The van der Waals surface area contributed by atoms with Crippen LogP contribution in [0.1, 0.15) is 11.6 Å². The molecule has 0 saturated carbocycles. The van der Waals surface area contributed by atoms with Gasteiger partial charge in [-0.2, -0.15) is 0 Å². The summed E-state index contributed by atoms with van der Waals surface area (Å²) in [6, 6.07) is 13.2. The molecule has 5 heteroatoms. The third-order valence-electron chi connectivity index (χ3n) is 3.10. The van der Waals surface area contributed by atoms with E-state index in [0.717, 1.165) is 5.75 Å². The molecule has 0 spiro atoms. The molecule has 1 unspecified atom stereocenters. The summed E-state index contributed by atoms with van der Waals surface area (Å²) in [5.41, 5.74) is 1.36. The van der Waals surface area contributed by atoms with Crippen molar-refractivity contribution in [3.8, 4) is 11.5 Å². The molecular formula is C16H17NO4. The summed E-state index contributed by atoms with van der Waals surface area (Å²) in [5.74, 6) is 0.459. The summed E-state index contributed by atoms with van der Waals surface area (Å²) in [6.07, 6.45) is 0. The number of hydrogen-bond acceptors (Lipinski definition) is 4. The minimum atomic E-state index is -0.948. The predicted octanol–water partition coefficient (Wildman–Crippen LogP) is 2.94. The molecule has 0 aliphatic carbocycles. The fourth-order valence-electron chi connectivity index (χ4n) is 1.94. The van der Waals surface area contributed by atoms with Crippen molar-refractivity contribution in [2.45, 2.75) is 6.04 Å². The van der Waals surface area contributed by atoms with Crippen LogP contribution in [0, 0.1) is 0 Å². The molecule has 2 aromatic rings. The van der Waals surface area contributed by atoms with Gasteiger partial charge in [0.25, 0.3) is 0 Å². The highest BCUT2D eigenvalue weighted by Crippen LogP contribution is 2.23. The van der Waals surface area contributed by atoms with Gasteiger partial charge in [-0.15, -0.1) is 0 Å². The lowest BCUT2D eigenvalue weighted by atomic mass is 10.1. The van der Waals surface area contributed by atoms with Gasteiger partial charge in [0, 0.05) is 5.69 Å². The van der Waals surface area contributed by atoms with Gasteiger partial charge in [-0.3, -0.25) is 0 Å². The second kappa shape index (κ2) is 6.65. The van der Waals surface area contributed by atoms with E-state index in [4.69, 9.17) is 9.47 Å². The first-order chi connectivity index (χ1) is 10.1. The highest BCUT2D eigenvalue weighted by Gasteiger charge is 2.19.